The van der Waals surface area contributed by atoms with E-state index in [1.54, 1.807) is 0 Å². The molecule has 0 aromatic rings. The Labute approximate surface area is 172 Å². The molecule has 3 aliphatic rings. The third-order valence-corrected chi connectivity index (χ3v) is 7.33. The summed E-state index contributed by atoms with van der Waals surface area (Å²) in [4.78, 5) is 2.31. The summed E-state index contributed by atoms with van der Waals surface area (Å²) in [5.41, 5.74) is 0. The van der Waals surface area contributed by atoms with Crippen molar-refractivity contribution in [3.05, 3.63) is 0 Å². The second-order valence-electron chi connectivity index (χ2n) is 9.19. The molecule has 0 atom stereocenters. The predicted octanol–water partition coefficient (Wildman–Crippen LogP) is 2.15. The predicted molar refractivity (Wildman–Crippen MR) is 114 cm³/mol. The Kier molecular flexibility index (Phi) is 9.47. The second-order valence-corrected chi connectivity index (χ2v) is 9.19. The van der Waals surface area contributed by atoms with Crippen molar-refractivity contribution in [2.45, 2.75) is 82.8 Å². The highest BCUT2D eigenvalue weighted by atomic mass is 16.5. The molecule has 0 unspecified atom stereocenters. The second kappa shape index (κ2) is 11.8. The standard InChI is InChI=1S/C22H44N4O2/c1-4-26(2)13-14-28-21-11-7-19(8-12-21)25-22-23-15-18(16-24-22)17-5-9-20(27-3)10-6-17/h17-25H,4-16H2,1-3H3. The lowest BCUT2D eigenvalue weighted by Crippen LogP contribution is -2.63. The normalized spacial score (nSPS) is 37.3. The van der Waals surface area contributed by atoms with E-state index in [-0.39, 0.29) is 6.29 Å². The Morgan fingerprint density at radius 2 is 1.54 bits per heavy atom. The minimum atomic E-state index is 0.271. The Hall–Kier alpha value is -0.240. The number of likely N-dealkylation sites (N-methyl/N-ethyl adjacent to an activating group) is 1. The molecule has 0 radical (unpaired) electrons. The molecule has 0 aromatic carbocycles. The van der Waals surface area contributed by atoms with Gasteiger partial charge in [0.1, 0.15) is 6.29 Å². The van der Waals surface area contributed by atoms with Crippen molar-refractivity contribution in [2.24, 2.45) is 11.8 Å². The van der Waals surface area contributed by atoms with E-state index in [4.69, 9.17) is 9.47 Å². The molecule has 2 saturated carbocycles. The number of methoxy groups -OCH3 is 1. The zero-order valence-electron chi connectivity index (χ0n) is 18.4. The summed E-state index contributed by atoms with van der Waals surface area (Å²) in [5.74, 6) is 1.62. The van der Waals surface area contributed by atoms with Crippen molar-refractivity contribution >= 4 is 0 Å². The fourth-order valence-corrected chi connectivity index (χ4v) is 5.09. The number of rotatable bonds is 9. The first-order valence-electron chi connectivity index (χ1n) is 11.7. The summed E-state index contributed by atoms with van der Waals surface area (Å²) in [6.45, 7) is 7.47. The summed E-state index contributed by atoms with van der Waals surface area (Å²) in [5, 5.41) is 11.2. The van der Waals surface area contributed by atoms with Crippen LogP contribution in [-0.4, -0.2) is 76.4 Å². The molecule has 164 valence electrons. The molecule has 0 aromatic heterocycles. The third kappa shape index (κ3) is 6.92. The largest absolute Gasteiger partial charge is 0.381 e. The number of nitrogens with zero attached hydrogens (tertiary/aromatic N) is 1. The van der Waals surface area contributed by atoms with Gasteiger partial charge < -0.3 is 14.4 Å². The van der Waals surface area contributed by atoms with Crippen LogP contribution in [0.1, 0.15) is 58.3 Å². The summed E-state index contributed by atoms with van der Waals surface area (Å²) < 4.78 is 11.6. The van der Waals surface area contributed by atoms with Gasteiger partial charge in [-0.25, -0.2) is 0 Å². The minimum Gasteiger partial charge on any atom is -0.381 e. The molecule has 0 amide bonds. The highest BCUT2D eigenvalue weighted by Gasteiger charge is 2.31. The van der Waals surface area contributed by atoms with Gasteiger partial charge in [0.05, 0.1) is 18.8 Å². The van der Waals surface area contributed by atoms with Crippen LogP contribution >= 0.6 is 0 Å². The average molecular weight is 397 g/mol. The maximum Gasteiger partial charge on any atom is 0.112 e. The van der Waals surface area contributed by atoms with Gasteiger partial charge >= 0.3 is 0 Å². The van der Waals surface area contributed by atoms with Crippen molar-refractivity contribution in [3.63, 3.8) is 0 Å². The molecule has 2 aliphatic carbocycles. The number of nitrogens with one attached hydrogen (secondary N) is 3. The fourth-order valence-electron chi connectivity index (χ4n) is 5.09. The number of hydrogen-bond donors (Lipinski definition) is 3. The van der Waals surface area contributed by atoms with E-state index in [1.807, 2.05) is 7.11 Å². The van der Waals surface area contributed by atoms with E-state index >= 15 is 0 Å². The summed E-state index contributed by atoms with van der Waals surface area (Å²) >= 11 is 0. The van der Waals surface area contributed by atoms with Gasteiger partial charge in [-0.05, 0) is 76.8 Å². The summed E-state index contributed by atoms with van der Waals surface area (Å²) in [7, 11) is 4.01. The van der Waals surface area contributed by atoms with E-state index in [0.29, 0.717) is 18.2 Å². The molecule has 6 nitrogen and oxygen atoms in total. The van der Waals surface area contributed by atoms with Crippen LogP contribution in [0, 0.1) is 11.8 Å². The average Bonchev–Trinajstić information content (AvgIpc) is 2.75. The maximum absolute atomic E-state index is 6.08. The molecule has 0 spiro atoms. The van der Waals surface area contributed by atoms with Crippen LogP contribution in [0.2, 0.25) is 0 Å². The fraction of sp³-hybridized carbons (Fsp3) is 1.00. The maximum atomic E-state index is 6.08. The van der Waals surface area contributed by atoms with E-state index in [9.17, 15) is 0 Å². The van der Waals surface area contributed by atoms with Crippen LogP contribution in [-0.2, 0) is 9.47 Å². The SMILES string of the molecule is CCN(C)CCOC1CCC(NC2NCC(C3CCC(OC)CC3)CN2)CC1. The lowest BCUT2D eigenvalue weighted by atomic mass is 9.78. The van der Waals surface area contributed by atoms with Gasteiger partial charge in [0.2, 0.25) is 0 Å². The molecular formula is C22H44N4O2. The molecule has 3 N–H and O–H groups in total. The molecule has 1 aliphatic heterocycles. The molecular weight excluding hydrogens is 352 g/mol. The van der Waals surface area contributed by atoms with Crippen molar-refractivity contribution in [1.29, 1.82) is 0 Å². The molecule has 28 heavy (non-hydrogen) atoms. The van der Waals surface area contributed by atoms with Crippen molar-refractivity contribution < 1.29 is 9.47 Å². The highest BCUT2D eigenvalue weighted by Crippen LogP contribution is 2.31. The van der Waals surface area contributed by atoms with Gasteiger partial charge in [-0.15, -0.1) is 0 Å². The molecule has 3 rings (SSSR count). The van der Waals surface area contributed by atoms with Crippen LogP contribution < -0.4 is 16.0 Å². The lowest BCUT2D eigenvalue weighted by molar-refractivity contribution is 0.0116. The van der Waals surface area contributed by atoms with Crippen LogP contribution in [0.15, 0.2) is 0 Å². The monoisotopic (exact) mass is 396 g/mol. The Bertz CT molecular complexity index is 415. The molecule has 0 bridgehead atoms. The first-order chi connectivity index (χ1) is 13.7. The Morgan fingerprint density at radius 3 is 2.14 bits per heavy atom. The highest BCUT2D eigenvalue weighted by molar-refractivity contribution is 4.87. The van der Waals surface area contributed by atoms with Crippen LogP contribution in [0.3, 0.4) is 0 Å². The quantitative estimate of drug-likeness (QED) is 0.555. The first kappa shape index (κ1) is 22.4. The molecule has 3 fully saturated rings. The van der Waals surface area contributed by atoms with Crippen molar-refractivity contribution in [1.82, 2.24) is 20.9 Å². The van der Waals surface area contributed by atoms with Gasteiger partial charge in [0.25, 0.3) is 0 Å². The van der Waals surface area contributed by atoms with Gasteiger partial charge in [0.15, 0.2) is 0 Å². The topological polar surface area (TPSA) is 57.8 Å². The molecule has 1 saturated heterocycles. The van der Waals surface area contributed by atoms with Gasteiger partial charge in [-0.1, -0.05) is 6.92 Å². The van der Waals surface area contributed by atoms with Crippen LogP contribution in [0.4, 0.5) is 0 Å². The zero-order valence-corrected chi connectivity index (χ0v) is 18.4. The van der Waals surface area contributed by atoms with Crippen molar-refractivity contribution in [2.75, 3.05) is 46.9 Å². The van der Waals surface area contributed by atoms with E-state index in [0.717, 1.165) is 44.6 Å². The third-order valence-electron chi connectivity index (χ3n) is 7.33. The van der Waals surface area contributed by atoms with E-state index in [2.05, 4.69) is 34.8 Å². The minimum absolute atomic E-state index is 0.271. The molecule has 6 heteroatoms. The lowest BCUT2D eigenvalue weighted by Gasteiger charge is -2.40. The van der Waals surface area contributed by atoms with Gasteiger partial charge in [0, 0.05) is 32.8 Å². The van der Waals surface area contributed by atoms with Gasteiger partial charge in [-0.3, -0.25) is 16.0 Å². The number of ether oxygens (including phenoxy) is 2. The summed E-state index contributed by atoms with van der Waals surface area (Å²) in [6.07, 6.45) is 11.2. The first-order valence-corrected chi connectivity index (χ1v) is 11.7. The van der Waals surface area contributed by atoms with E-state index in [1.165, 1.54) is 51.4 Å². The van der Waals surface area contributed by atoms with Gasteiger partial charge in [-0.2, -0.15) is 0 Å². The Morgan fingerprint density at radius 1 is 0.893 bits per heavy atom. The van der Waals surface area contributed by atoms with E-state index < -0.39 is 0 Å². The Balaban J connectivity index is 1.27. The number of hydrogen-bond acceptors (Lipinski definition) is 6. The van der Waals surface area contributed by atoms with Crippen LogP contribution in [0.5, 0.6) is 0 Å². The van der Waals surface area contributed by atoms with Crippen LogP contribution in [0.25, 0.3) is 0 Å². The summed E-state index contributed by atoms with van der Waals surface area (Å²) in [6, 6.07) is 0.608. The molecule has 1 heterocycles. The zero-order chi connectivity index (χ0) is 19.8. The van der Waals surface area contributed by atoms with Crippen molar-refractivity contribution in [3.8, 4) is 0 Å². The smallest absolute Gasteiger partial charge is 0.112 e.